The summed E-state index contributed by atoms with van der Waals surface area (Å²) in [5.74, 6) is 2.18. The number of nitrogens with one attached hydrogen (secondary N) is 2. The van der Waals surface area contributed by atoms with Crippen LogP contribution >= 0.6 is 24.0 Å². The molecular formula is C20H31IN4O2. The van der Waals surface area contributed by atoms with Gasteiger partial charge >= 0.3 is 0 Å². The maximum Gasteiger partial charge on any atom is 0.216 e. The Morgan fingerprint density at radius 3 is 2.48 bits per heavy atom. The van der Waals surface area contributed by atoms with Gasteiger partial charge in [-0.25, -0.2) is 9.98 Å². The smallest absolute Gasteiger partial charge is 0.216 e. The number of aromatic nitrogens is 1. The van der Waals surface area contributed by atoms with Gasteiger partial charge in [-0.2, -0.15) is 0 Å². The first-order chi connectivity index (χ1) is 12.4. The molecular weight excluding hydrogens is 455 g/mol. The van der Waals surface area contributed by atoms with E-state index in [0.29, 0.717) is 24.9 Å². The molecule has 150 valence electrons. The molecule has 0 radical (unpaired) electrons. The molecule has 27 heavy (non-hydrogen) atoms. The number of aliphatic imine (C=N–C) groups is 1. The summed E-state index contributed by atoms with van der Waals surface area (Å²) in [6, 6.07) is 10.1. The maximum atomic E-state index is 5.79. The van der Waals surface area contributed by atoms with Crippen molar-refractivity contribution in [3.63, 3.8) is 0 Å². The molecule has 0 saturated heterocycles. The van der Waals surface area contributed by atoms with Gasteiger partial charge in [0.2, 0.25) is 5.89 Å². The predicted molar refractivity (Wildman–Crippen MR) is 120 cm³/mol. The van der Waals surface area contributed by atoms with Crippen LogP contribution in [-0.2, 0) is 16.7 Å². The van der Waals surface area contributed by atoms with E-state index in [1.165, 1.54) is 0 Å². The minimum absolute atomic E-state index is 0. The summed E-state index contributed by atoms with van der Waals surface area (Å²) in [5, 5.41) is 6.56. The van der Waals surface area contributed by atoms with Crippen LogP contribution in [-0.4, -0.2) is 31.1 Å². The molecule has 0 aliphatic rings. The van der Waals surface area contributed by atoms with Crippen molar-refractivity contribution in [2.45, 2.75) is 45.8 Å². The molecule has 2 N–H and O–H groups in total. The number of benzene rings is 1. The molecule has 1 unspecified atom stereocenters. The van der Waals surface area contributed by atoms with E-state index in [2.05, 4.69) is 53.5 Å². The Labute approximate surface area is 179 Å². The summed E-state index contributed by atoms with van der Waals surface area (Å²) in [6.45, 7) is 10.1. The highest BCUT2D eigenvalue weighted by Gasteiger charge is 2.19. The van der Waals surface area contributed by atoms with Crippen molar-refractivity contribution in [2.75, 3.05) is 20.2 Å². The van der Waals surface area contributed by atoms with E-state index < -0.39 is 0 Å². The maximum absolute atomic E-state index is 5.79. The zero-order valence-corrected chi connectivity index (χ0v) is 19.1. The van der Waals surface area contributed by atoms with Crippen LogP contribution in [0.1, 0.15) is 51.0 Å². The molecule has 0 saturated carbocycles. The van der Waals surface area contributed by atoms with Crippen LogP contribution in [0, 0.1) is 0 Å². The second kappa shape index (κ2) is 11.3. The second-order valence-electron chi connectivity index (χ2n) is 7.08. The summed E-state index contributed by atoms with van der Waals surface area (Å²) in [7, 11) is 1.71. The Morgan fingerprint density at radius 1 is 1.22 bits per heavy atom. The predicted octanol–water partition coefficient (Wildman–Crippen LogP) is 4.03. The number of hydrogen-bond donors (Lipinski definition) is 2. The molecule has 7 heteroatoms. The van der Waals surface area contributed by atoms with E-state index >= 15 is 0 Å². The minimum atomic E-state index is -0.0565. The van der Waals surface area contributed by atoms with Gasteiger partial charge in [-0.3, -0.25) is 0 Å². The standard InChI is InChI=1S/C20H30N4O2.HI/c1-6-21-19(23-12-16(25-5)15-10-8-7-9-11-15)24-14-18-22-13-17(26-18)20(2,3)4;/h7-11,13,16H,6,12,14H2,1-5H3,(H2,21,23,24);1H. The van der Waals surface area contributed by atoms with Crippen LogP contribution in [0.15, 0.2) is 45.9 Å². The number of methoxy groups -OCH3 is 1. The van der Waals surface area contributed by atoms with Gasteiger partial charge in [0.05, 0.1) is 12.3 Å². The lowest BCUT2D eigenvalue weighted by molar-refractivity contribution is 0.106. The Balaban J connectivity index is 0.00000364. The number of halogens is 1. The van der Waals surface area contributed by atoms with E-state index in [9.17, 15) is 0 Å². The van der Waals surface area contributed by atoms with Gasteiger partial charge < -0.3 is 19.8 Å². The first-order valence-electron chi connectivity index (χ1n) is 8.99. The zero-order valence-electron chi connectivity index (χ0n) is 16.8. The highest BCUT2D eigenvalue weighted by atomic mass is 127. The average Bonchev–Trinajstić information content (AvgIpc) is 3.10. The van der Waals surface area contributed by atoms with Crippen molar-refractivity contribution in [1.82, 2.24) is 15.6 Å². The molecule has 0 spiro atoms. The first kappa shape index (κ1) is 23.4. The summed E-state index contributed by atoms with van der Waals surface area (Å²) in [4.78, 5) is 8.88. The van der Waals surface area contributed by atoms with Crippen LogP contribution in [0.2, 0.25) is 0 Å². The number of rotatable bonds is 7. The van der Waals surface area contributed by atoms with Crippen molar-refractivity contribution >= 4 is 29.9 Å². The molecule has 0 bridgehead atoms. The fourth-order valence-electron chi connectivity index (χ4n) is 2.41. The van der Waals surface area contributed by atoms with E-state index in [1.807, 2.05) is 25.1 Å². The first-order valence-corrected chi connectivity index (χ1v) is 8.99. The molecule has 6 nitrogen and oxygen atoms in total. The van der Waals surface area contributed by atoms with Crippen LogP contribution in [0.4, 0.5) is 0 Å². The number of nitrogens with zero attached hydrogens (tertiary/aromatic N) is 2. The van der Waals surface area contributed by atoms with Gasteiger partial charge in [-0.1, -0.05) is 51.1 Å². The number of oxazole rings is 1. The van der Waals surface area contributed by atoms with E-state index in [0.717, 1.165) is 17.9 Å². The summed E-state index contributed by atoms with van der Waals surface area (Å²) in [5.41, 5.74) is 1.07. The zero-order chi connectivity index (χ0) is 19.0. The topological polar surface area (TPSA) is 71.7 Å². The molecule has 1 aromatic carbocycles. The third kappa shape index (κ3) is 7.50. The van der Waals surface area contributed by atoms with Crippen LogP contribution in [0.3, 0.4) is 0 Å². The third-order valence-corrected chi connectivity index (χ3v) is 3.92. The molecule has 1 atom stereocenters. The van der Waals surface area contributed by atoms with Crippen molar-refractivity contribution in [2.24, 2.45) is 4.99 Å². The fourth-order valence-corrected chi connectivity index (χ4v) is 2.41. The van der Waals surface area contributed by atoms with Crippen LogP contribution in [0.25, 0.3) is 0 Å². The molecule has 0 aliphatic carbocycles. The molecule has 1 heterocycles. The fraction of sp³-hybridized carbons (Fsp3) is 0.500. The van der Waals surface area contributed by atoms with Crippen molar-refractivity contribution in [3.05, 3.63) is 53.7 Å². The molecule has 2 aromatic rings. The van der Waals surface area contributed by atoms with Crippen molar-refractivity contribution < 1.29 is 9.15 Å². The van der Waals surface area contributed by atoms with Gasteiger partial charge in [-0.15, -0.1) is 24.0 Å². The molecule has 0 aliphatic heterocycles. The highest BCUT2D eigenvalue weighted by molar-refractivity contribution is 14.0. The lowest BCUT2D eigenvalue weighted by Crippen LogP contribution is -2.39. The minimum Gasteiger partial charge on any atom is -0.443 e. The van der Waals surface area contributed by atoms with E-state index in [1.54, 1.807) is 13.3 Å². The molecule has 1 aromatic heterocycles. The van der Waals surface area contributed by atoms with E-state index in [-0.39, 0.29) is 35.5 Å². The second-order valence-corrected chi connectivity index (χ2v) is 7.08. The third-order valence-electron chi connectivity index (χ3n) is 3.92. The lowest BCUT2D eigenvalue weighted by Gasteiger charge is -2.18. The van der Waals surface area contributed by atoms with E-state index in [4.69, 9.17) is 9.15 Å². The molecule has 0 fully saturated rings. The summed E-state index contributed by atoms with van der Waals surface area (Å²) in [6.07, 6.45) is 1.73. The summed E-state index contributed by atoms with van der Waals surface area (Å²) >= 11 is 0. The molecule has 2 rings (SSSR count). The quantitative estimate of drug-likeness (QED) is 0.351. The van der Waals surface area contributed by atoms with Gasteiger partial charge in [-0.05, 0) is 12.5 Å². The van der Waals surface area contributed by atoms with Crippen LogP contribution < -0.4 is 10.6 Å². The van der Waals surface area contributed by atoms with Crippen molar-refractivity contribution in [1.29, 1.82) is 0 Å². The summed E-state index contributed by atoms with van der Waals surface area (Å²) < 4.78 is 11.4. The molecule has 0 amide bonds. The number of ether oxygens (including phenoxy) is 1. The monoisotopic (exact) mass is 486 g/mol. The largest absolute Gasteiger partial charge is 0.443 e. The Morgan fingerprint density at radius 2 is 1.93 bits per heavy atom. The Bertz CT molecular complexity index is 696. The lowest BCUT2D eigenvalue weighted by atomic mass is 9.94. The number of guanidine groups is 1. The van der Waals surface area contributed by atoms with Gasteiger partial charge in [0.15, 0.2) is 5.96 Å². The Kier molecular flexibility index (Phi) is 9.79. The van der Waals surface area contributed by atoms with Gasteiger partial charge in [0.1, 0.15) is 12.3 Å². The average molecular weight is 486 g/mol. The van der Waals surface area contributed by atoms with Gasteiger partial charge in [0.25, 0.3) is 0 Å². The van der Waals surface area contributed by atoms with Crippen LogP contribution in [0.5, 0.6) is 0 Å². The Hall–Kier alpha value is -1.61. The number of hydrogen-bond acceptors (Lipinski definition) is 4. The highest BCUT2D eigenvalue weighted by Crippen LogP contribution is 2.22. The van der Waals surface area contributed by atoms with Crippen molar-refractivity contribution in [3.8, 4) is 0 Å². The van der Waals surface area contributed by atoms with Gasteiger partial charge in [0, 0.05) is 25.6 Å². The SMILES string of the molecule is CCNC(=NCc1ncc(C(C)(C)C)o1)NCC(OC)c1ccccc1.I. The normalized spacial score (nSPS) is 13.0.